The molecular weight excluding hydrogens is 431 g/mol. The summed E-state index contributed by atoms with van der Waals surface area (Å²) in [7, 11) is 4.02. The number of amides is 1. The highest BCUT2D eigenvalue weighted by Gasteiger charge is 2.35. The zero-order valence-corrected chi connectivity index (χ0v) is 19.7. The van der Waals surface area contributed by atoms with Gasteiger partial charge in [-0.05, 0) is 48.9 Å². The van der Waals surface area contributed by atoms with E-state index in [1.54, 1.807) is 18.3 Å². The minimum absolute atomic E-state index is 0.0200. The molecule has 2 aromatic carbocycles. The average molecular weight is 461 g/mol. The van der Waals surface area contributed by atoms with E-state index in [9.17, 15) is 9.18 Å². The molecule has 3 aromatic rings. The minimum Gasteiger partial charge on any atom is -0.378 e. The maximum Gasteiger partial charge on any atom is 0.254 e. The summed E-state index contributed by atoms with van der Waals surface area (Å²) in [5.41, 5.74) is 4.65. The first kappa shape index (κ1) is 22.0. The van der Waals surface area contributed by atoms with Gasteiger partial charge in [-0.15, -0.1) is 0 Å². The van der Waals surface area contributed by atoms with Crippen LogP contribution in [0.4, 0.5) is 21.6 Å². The molecule has 176 valence electrons. The Morgan fingerprint density at radius 1 is 1.00 bits per heavy atom. The van der Waals surface area contributed by atoms with Crippen LogP contribution in [0.1, 0.15) is 18.5 Å². The van der Waals surface area contributed by atoms with Crippen LogP contribution in [0.2, 0.25) is 0 Å². The Morgan fingerprint density at radius 3 is 2.32 bits per heavy atom. The van der Waals surface area contributed by atoms with Gasteiger partial charge in [-0.2, -0.15) is 5.10 Å². The Labute approximate surface area is 199 Å². The Balaban J connectivity index is 1.40. The van der Waals surface area contributed by atoms with Gasteiger partial charge in [-0.1, -0.05) is 12.1 Å². The molecule has 8 heteroatoms. The Morgan fingerprint density at radius 2 is 1.68 bits per heavy atom. The van der Waals surface area contributed by atoms with Gasteiger partial charge in [-0.3, -0.25) is 4.79 Å². The molecule has 5 rings (SSSR count). The lowest BCUT2D eigenvalue weighted by Crippen LogP contribution is -2.50. The number of piperazine rings is 1. The summed E-state index contributed by atoms with van der Waals surface area (Å²) in [6.07, 6.45) is 1.76. The number of hydrogen-bond donors (Lipinski definition) is 1. The standard InChI is InChI=1S/C26H29FN6O/c1-18-24(26(34)32-16-14-31(15-17-32)22-10-6-20(27)7-11-22)25(33-23(29-18)12-13-28-33)19-4-8-21(9-5-19)30(2)3/h4-13,25,29H,14-17H2,1-3H3. The molecule has 1 amide bonds. The van der Waals surface area contributed by atoms with Gasteiger partial charge in [-0.25, -0.2) is 9.07 Å². The molecule has 1 N–H and O–H groups in total. The lowest BCUT2D eigenvalue weighted by molar-refractivity contribution is -0.128. The fourth-order valence-electron chi connectivity index (χ4n) is 4.74. The molecule has 2 aliphatic rings. The molecule has 1 aromatic heterocycles. The van der Waals surface area contributed by atoms with E-state index in [1.165, 1.54) is 12.1 Å². The van der Waals surface area contributed by atoms with E-state index in [0.717, 1.165) is 28.5 Å². The second-order valence-corrected chi connectivity index (χ2v) is 8.97. The first-order valence-corrected chi connectivity index (χ1v) is 11.5. The molecular formula is C26H29FN6O. The van der Waals surface area contributed by atoms with E-state index >= 15 is 0 Å². The van der Waals surface area contributed by atoms with E-state index in [1.807, 2.05) is 36.7 Å². The molecule has 34 heavy (non-hydrogen) atoms. The Hall–Kier alpha value is -3.81. The largest absolute Gasteiger partial charge is 0.378 e. The van der Waals surface area contributed by atoms with Crippen molar-refractivity contribution in [3.05, 3.63) is 83.4 Å². The van der Waals surface area contributed by atoms with Crippen LogP contribution in [0.5, 0.6) is 0 Å². The number of benzene rings is 2. The zero-order valence-electron chi connectivity index (χ0n) is 19.7. The van der Waals surface area contributed by atoms with Crippen LogP contribution in [0.3, 0.4) is 0 Å². The second-order valence-electron chi connectivity index (χ2n) is 8.97. The van der Waals surface area contributed by atoms with Gasteiger partial charge < -0.3 is 20.0 Å². The van der Waals surface area contributed by atoms with E-state index in [4.69, 9.17) is 0 Å². The second kappa shape index (κ2) is 8.85. The molecule has 0 bridgehead atoms. The summed E-state index contributed by atoms with van der Waals surface area (Å²) < 4.78 is 15.2. The van der Waals surface area contributed by atoms with Crippen molar-refractivity contribution in [3.63, 3.8) is 0 Å². The van der Waals surface area contributed by atoms with Crippen molar-refractivity contribution in [1.82, 2.24) is 14.7 Å². The third kappa shape index (κ3) is 4.00. The molecule has 0 spiro atoms. The topological polar surface area (TPSA) is 56.6 Å². The van der Waals surface area contributed by atoms with Gasteiger partial charge >= 0.3 is 0 Å². The predicted molar refractivity (Wildman–Crippen MR) is 133 cm³/mol. The third-order valence-corrected chi connectivity index (χ3v) is 6.62. The molecule has 7 nitrogen and oxygen atoms in total. The SMILES string of the molecule is CC1=C(C(=O)N2CCN(c3ccc(F)cc3)CC2)C(c2ccc(N(C)C)cc2)n2nccc2N1. The van der Waals surface area contributed by atoms with Crippen molar-refractivity contribution in [2.45, 2.75) is 13.0 Å². The highest BCUT2D eigenvalue weighted by Crippen LogP contribution is 2.37. The quantitative estimate of drug-likeness (QED) is 0.643. The molecule has 2 aliphatic heterocycles. The summed E-state index contributed by atoms with van der Waals surface area (Å²) >= 11 is 0. The van der Waals surface area contributed by atoms with Gasteiger partial charge in [0.2, 0.25) is 0 Å². The summed E-state index contributed by atoms with van der Waals surface area (Å²) in [6, 6.07) is 16.4. The molecule has 0 saturated carbocycles. The monoisotopic (exact) mass is 460 g/mol. The number of hydrogen-bond acceptors (Lipinski definition) is 5. The van der Waals surface area contributed by atoms with Crippen molar-refractivity contribution in [2.75, 3.05) is 55.4 Å². The summed E-state index contributed by atoms with van der Waals surface area (Å²) in [4.78, 5) is 20.0. The number of aromatic nitrogens is 2. The molecule has 1 saturated heterocycles. The fourth-order valence-corrected chi connectivity index (χ4v) is 4.74. The maximum atomic E-state index is 13.9. The van der Waals surface area contributed by atoms with Gasteiger partial charge in [0.15, 0.2) is 0 Å². The van der Waals surface area contributed by atoms with Crippen LogP contribution >= 0.6 is 0 Å². The van der Waals surface area contributed by atoms with Crippen LogP contribution in [0.15, 0.2) is 72.1 Å². The van der Waals surface area contributed by atoms with Crippen molar-refractivity contribution in [2.24, 2.45) is 0 Å². The Bertz CT molecular complexity index is 1210. The minimum atomic E-state index is -0.301. The Kier molecular flexibility index (Phi) is 5.73. The lowest BCUT2D eigenvalue weighted by atomic mass is 9.94. The van der Waals surface area contributed by atoms with E-state index in [2.05, 4.69) is 44.5 Å². The van der Waals surface area contributed by atoms with Gasteiger partial charge in [0.1, 0.15) is 17.7 Å². The average Bonchev–Trinajstić information content (AvgIpc) is 3.31. The number of nitrogens with zero attached hydrogens (tertiary/aromatic N) is 5. The van der Waals surface area contributed by atoms with E-state index in [-0.39, 0.29) is 17.8 Å². The highest BCUT2D eigenvalue weighted by atomic mass is 19.1. The maximum absolute atomic E-state index is 13.9. The van der Waals surface area contributed by atoms with E-state index in [0.29, 0.717) is 31.8 Å². The molecule has 0 radical (unpaired) electrons. The lowest BCUT2D eigenvalue weighted by Gasteiger charge is -2.38. The van der Waals surface area contributed by atoms with Crippen LogP contribution in [0.25, 0.3) is 0 Å². The van der Waals surface area contributed by atoms with Crippen LogP contribution < -0.4 is 15.1 Å². The van der Waals surface area contributed by atoms with E-state index < -0.39 is 0 Å². The number of allylic oxidation sites excluding steroid dienone is 1. The van der Waals surface area contributed by atoms with Crippen molar-refractivity contribution < 1.29 is 9.18 Å². The number of nitrogens with one attached hydrogen (secondary N) is 1. The van der Waals surface area contributed by atoms with Crippen LogP contribution in [0, 0.1) is 5.82 Å². The normalized spacial score (nSPS) is 17.9. The molecule has 1 atom stereocenters. The summed E-state index contributed by atoms with van der Waals surface area (Å²) in [5, 5.41) is 7.90. The van der Waals surface area contributed by atoms with Gasteiger partial charge in [0.05, 0.1) is 11.8 Å². The highest BCUT2D eigenvalue weighted by molar-refractivity contribution is 5.97. The van der Waals surface area contributed by atoms with Crippen molar-refractivity contribution in [3.8, 4) is 0 Å². The predicted octanol–water partition coefficient (Wildman–Crippen LogP) is 3.73. The number of anilines is 3. The van der Waals surface area contributed by atoms with Crippen LogP contribution in [-0.4, -0.2) is 60.9 Å². The fraction of sp³-hybridized carbons (Fsp3) is 0.308. The van der Waals surface area contributed by atoms with Crippen molar-refractivity contribution in [1.29, 1.82) is 0 Å². The first-order valence-electron chi connectivity index (χ1n) is 11.5. The number of fused-ring (bicyclic) bond motifs is 1. The molecule has 1 fully saturated rings. The van der Waals surface area contributed by atoms with Gasteiger partial charge in [0.25, 0.3) is 5.91 Å². The number of carbonyl (C=O) groups excluding carboxylic acids is 1. The number of rotatable bonds is 4. The molecule has 1 unspecified atom stereocenters. The zero-order chi connectivity index (χ0) is 23.8. The summed E-state index contributed by atoms with van der Waals surface area (Å²) in [5.74, 6) is 0.649. The van der Waals surface area contributed by atoms with Gasteiger partial charge in [0, 0.05) is 63.4 Å². The number of carbonyl (C=O) groups is 1. The molecule has 0 aliphatic carbocycles. The summed E-state index contributed by atoms with van der Waals surface area (Å²) in [6.45, 7) is 4.56. The van der Waals surface area contributed by atoms with Crippen LogP contribution in [-0.2, 0) is 4.79 Å². The number of halogens is 1. The smallest absolute Gasteiger partial charge is 0.254 e. The molecule has 3 heterocycles. The third-order valence-electron chi connectivity index (χ3n) is 6.62. The first-order chi connectivity index (χ1) is 16.4. The van der Waals surface area contributed by atoms with Crippen molar-refractivity contribution >= 4 is 23.1 Å².